The van der Waals surface area contributed by atoms with E-state index in [1.165, 1.54) is 0 Å². The molecular formula is C29H31N5O4. The molecule has 2 bridgehead atoms. The van der Waals surface area contributed by atoms with E-state index in [4.69, 9.17) is 10.5 Å². The fourth-order valence-corrected chi connectivity index (χ4v) is 5.56. The molecule has 3 heterocycles. The van der Waals surface area contributed by atoms with Crippen molar-refractivity contribution < 1.29 is 19.1 Å². The van der Waals surface area contributed by atoms with Crippen LogP contribution in [0.4, 0.5) is 10.6 Å². The Morgan fingerprint density at radius 3 is 2.37 bits per heavy atom. The van der Waals surface area contributed by atoms with Gasteiger partial charge in [-0.3, -0.25) is 9.59 Å². The van der Waals surface area contributed by atoms with Gasteiger partial charge in [-0.05, 0) is 74.1 Å². The summed E-state index contributed by atoms with van der Waals surface area (Å²) < 4.78 is 4.89. The first-order valence-electron chi connectivity index (χ1n) is 12.8. The number of carbonyl (C=O) groups is 3. The van der Waals surface area contributed by atoms with E-state index >= 15 is 0 Å². The highest BCUT2D eigenvalue weighted by atomic mass is 16.5. The molecular weight excluding hydrogens is 482 g/mol. The number of hydrogen-bond acceptors (Lipinski definition) is 6. The molecule has 196 valence electrons. The van der Waals surface area contributed by atoms with Gasteiger partial charge >= 0.3 is 6.09 Å². The molecule has 3 amide bonds. The summed E-state index contributed by atoms with van der Waals surface area (Å²) >= 11 is 0. The van der Waals surface area contributed by atoms with Crippen molar-refractivity contribution in [3.05, 3.63) is 89.1 Å². The number of benzene rings is 2. The van der Waals surface area contributed by atoms with E-state index in [-0.39, 0.29) is 29.9 Å². The SMILES string of the molecule is Cc1cc(OC(N)=O)ccc1C(=O)N[C@H]1C[C@H]2CC[C@@H](C1)N2c1ccc(C(=O)NCc2ccccc2)cn1. The molecule has 2 fully saturated rings. The van der Waals surface area contributed by atoms with Crippen molar-refractivity contribution in [3.8, 4) is 5.75 Å². The summed E-state index contributed by atoms with van der Waals surface area (Å²) in [5.41, 5.74) is 7.89. The molecule has 9 heteroatoms. The van der Waals surface area contributed by atoms with Gasteiger partial charge in [0.2, 0.25) is 0 Å². The molecule has 1 aromatic heterocycles. The van der Waals surface area contributed by atoms with Crippen LogP contribution in [0.2, 0.25) is 0 Å². The maximum atomic E-state index is 13.0. The van der Waals surface area contributed by atoms with Crippen LogP contribution in [-0.4, -0.2) is 41.0 Å². The van der Waals surface area contributed by atoms with E-state index in [0.29, 0.717) is 29.0 Å². The number of aryl methyl sites for hydroxylation is 1. The molecule has 0 aliphatic carbocycles. The molecule has 0 unspecified atom stereocenters. The van der Waals surface area contributed by atoms with Crippen molar-refractivity contribution in [1.29, 1.82) is 0 Å². The van der Waals surface area contributed by atoms with Crippen molar-refractivity contribution >= 4 is 23.7 Å². The van der Waals surface area contributed by atoms with Gasteiger partial charge in [-0.25, -0.2) is 9.78 Å². The van der Waals surface area contributed by atoms with E-state index in [0.717, 1.165) is 37.1 Å². The highest BCUT2D eigenvalue weighted by Crippen LogP contribution is 2.38. The van der Waals surface area contributed by atoms with Gasteiger partial charge in [0.05, 0.1) is 5.56 Å². The summed E-state index contributed by atoms with van der Waals surface area (Å²) in [6.45, 7) is 2.27. The van der Waals surface area contributed by atoms with E-state index in [9.17, 15) is 14.4 Å². The molecule has 2 aliphatic rings. The predicted molar refractivity (Wildman–Crippen MR) is 143 cm³/mol. The van der Waals surface area contributed by atoms with E-state index < -0.39 is 6.09 Å². The number of nitrogens with zero attached hydrogens (tertiary/aromatic N) is 2. The van der Waals surface area contributed by atoms with Crippen LogP contribution in [-0.2, 0) is 6.54 Å². The topological polar surface area (TPSA) is 127 Å². The molecule has 9 nitrogen and oxygen atoms in total. The Kier molecular flexibility index (Phi) is 7.26. The number of ether oxygens (including phenoxy) is 1. The zero-order valence-electron chi connectivity index (χ0n) is 21.2. The number of primary amides is 1. The maximum Gasteiger partial charge on any atom is 0.409 e. The fourth-order valence-electron chi connectivity index (χ4n) is 5.56. The van der Waals surface area contributed by atoms with E-state index in [2.05, 4.69) is 20.5 Å². The Bertz CT molecular complexity index is 1310. The normalized spacial score (nSPS) is 20.0. The standard InChI is InChI=1S/C29H31N5O4/c1-18-13-24(38-29(30)37)10-11-25(18)28(36)33-21-14-22-8-9-23(15-21)34(22)26-12-7-20(17-31-26)27(35)32-16-19-5-3-2-4-6-19/h2-7,10-13,17,21-23H,8-9,14-16H2,1H3,(H2,30,37)(H,32,35)(H,33,36)/t21-,22+,23-. The highest BCUT2D eigenvalue weighted by Gasteiger charge is 2.41. The molecule has 0 spiro atoms. The number of amides is 3. The second-order valence-corrected chi connectivity index (χ2v) is 9.91. The lowest BCUT2D eigenvalue weighted by molar-refractivity contribution is 0.0924. The molecule has 2 aliphatic heterocycles. The summed E-state index contributed by atoms with van der Waals surface area (Å²) in [6, 6.07) is 19.0. The summed E-state index contributed by atoms with van der Waals surface area (Å²) in [5.74, 6) is 0.879. The number of rotatable bonds is 7. The number of anilines is 1. The monoisotopic (exact) mass is 513 g/mol. The van der Waals surface area contributed by atoms with Crippen molar-refractivity contribution in [2.75, 3.05) is 4.90 Å². The lowest BCUT2D eigenvalue weighted by atomic mass is 9.96. The summed E-state index contributed by atoms with van der Waals surface area (Å²) in [5, 5.41) is 6.13. The minimum absolute atomic E-state index is 0.0558. The molecule has 38 heavy (non-hydrogen) atoms. The van der Waals surface area contributed by atoms with E-state index in [1.807, 2.05) is 42.5 Å². The minimum atomic E-state index is -0.890. The number of nitrogens with one attached hydrogen (secondary N) is 2. The number of piperidine rings is 1. The van der Waals surface area contributed by atoms with Gasteiger partial charge in [-0.2, -0.15) is 0 Å². The zero-order valence-corrected chi connectivity index (χ0v) is 21.2. The minimum Gasteiger partial charge on any atom is -0.410 e. The first kappa shape index (κ1) is 25.3. The maximum absolute atomic E-state index is 13.0. The van der Waals surface area contributed by atoms with Crippen LogP contribution < -0.4 is 26.0 Å². The average molecular weight is 514 g/mol. The van der Waals surface area contributed by atoms with Crippen molar-refractivity contribution in [2.24, 2.45) is 5.73 Å². The van der Waals surface area contributed by atoms with Gasteiger partial charge < -0.3 is 26.0 Å². The predicted octanol–water partition coefficient (Wildman–Crippen LogP) is 3.71. The smallest absolute Gasteiger partial charge is 0.409 e. The number of nitrogens with two attached hydrogens (primary N) is 1. The van der Waals surface area contributed by atoms with Crippen LogP contribution in [0.5, 0.6) is 5.75 Å². The van der Waals surface area contributed by atoms with Gasteiger partial charge in [0.25, 0.3) is 11.8 Å². The Morgan fingerprint density at radius 2 is 1.74 bits per heavy atom. The van der Waals surface area contributed by atoms with Crippen molar-refractivity contribution in [3.63, 3.8) is 0 Å². The fraction of sp³-hybridized carbons (Fsp3) is 0.310. The lowest BCUT2D eigenvalue weighted by Gasteiger charge is -2.40. The van der Waals surface area contributed by atoms with Gasteiger partial charge in [0, 0.05) is 36.4 Å². The summed E-state index contributed by atoms with van der Waals surface area (Å²) in [6.07, 6.45) is 4.47. The molecule has 3 aromatic rings. The molecule has 5 rings (SSSR count). The largest absolute Gasteiger partial charge is 0.410 e. The van der Waals surface area contributed by atoms with Crippen LogP contribution in [0.15, 0.2) is 66.9 Å². The Hall–Kier alpha value is -4.40. The van der Waals surface area contributed by atoms with Crippen LogP contribution in [0, 0.1) is 6.92 Å². The van der Waals surface area contributed by atoms with Crippen molar-refractivity contribution in [1.82, 2.24) is 15.6 Å². The Morgan fingerprint density at radius 1 is 1.00 bits per heavy atom. The van der Waals surface area contributed by atoms with Gasteiger partial charge in [-0.15, -0.1) is 0 Å². The molecule has 0 saturated carbocycles. The second-order valence-electron chi connectivity index (χ2n) is 9.91. The molecule has 2 aromatic carbocycles. The summed E-state index contributed by atoms with van der Waals surface area (Å²) in [7, 11) is 0. The first-order chi connectivity index (χ1) is 18.4. The number of aromatic nitrogens is 1. The quantitative estimate of drug-likeness (QED) is 0.442. The van der Waals surface area contributed by atoms with Gasteiger partial charge in [0.15, 0.2) is 0 Å². The lowest BCUT2D eigenvalue weighted by Crippen LogP contribution is -2.50. The van der Waals surface area contributed by atoms with Crippen LogP contribution in [0.25, 0.3) is 0 Å². The highest BCUT2D eigenvalue weighted by molar-refractivity contribution is 5.96. The Labute approximate surface area is 221 Å². The third-order valence-electron chi connectivity index (χ3n) is 7.30. The number of pyridine rings is 1. The third kappa shape index (κ3) is 5.61. The van der Waals surface area contributed by atoms with Crippen molar-refractivity contribution in [2.45, 2.75) is 57.3 Å². The first-order valence-corrected chi connectivity index (χ1v) is 12.8. The van der Waals surface area contributed by atoms with E-state index in [1.54, 1.807) is 31.3 Å². The Balaban J connectivity index is 1.18. The van der Waals surface area contributed by atoms with Crippen LogP contribution >= 0.6 is 0 Å². The zero-order chi connectivity index (χ0) is 26.6. The second kappa shape index (κ2) is 10.9. The molecule has 4 N–H and O–H groups in total. The molecule has 3 atom stereocenters. The van der Waals surface area contributed by atoms with Crippen LogP contribution in [0.3, 0.4) is 0 Å². The number of carbonyl (C=O) groups excluding carboxylic acids is 3. The average Bonchev–Trinajstić information content (AvgIpc) is 3.17. The molecule has 0 radical (unpaired) electrons. The summed E-state index contributed by atoms with van der Waals surface area (Å²) in [4.78, 5) is 43.5. The number of hydrogen-bond donors (Lipinski definition) is 3. The van der Waals surface area contributed by atoms with Crippen LogP contribution in [0.1, 0.15) is 57.5 Å². The molecule has 2 saturated heterocycles. The number of fused-ring (bicyclic) bond motifs is 2. The van der Waals surface area contributed by atoms with Gasteiger partial charge in [0.1, 0.15) is 11.6 Å². The van der Waals surface area contributed by atoms with Gasteiger partial charge in [-0.1, -0.05) is 30.3 Å². The third-order valence-corrected chi connectivity index (χ3v) is 7.30.